The Morgan fingerprint density at radius 3 is 2.53 bits per heavy atom. The molecule has 1 atom stereocenters. The average molecular weight is 272 g/mol. The van der Waals surface area contributed by atoms with Gasteiger partial charge in [-0.2, -0.15) is 0 Å². The van der Waals surface area contributed by atoms with Crippen LogP contribution < -0.4 is 5.32 Å². The largest absolute Gasteiger partial charge is 0.481 e. The molecule has 1 saturated carbocycles. The summed E-state index contributed by atoms with van der Waals surface area (Å²) in [6, 6.07) is -0.237. The topological polar surface area (TPSA) is 78.9 Å². The molecule has 2 N–H and O–H groups in total. The molecule has 0 radical (unpaired) electrons. The van der Waals surface area contributed by atoms with E-state index in [1.165, 1.54) is 11.3 Å². The highest BCUT2D eigenvalue weighted by Gasteiger charge is 2.36. The number of carboxylic acids is 1. The monoisotopic (exact) mass is 272 g/mol. The van der Waals surface area contributed by atoms with E-state index in [0.717, 1.165) is 19.3 Å². The molecule has 0 aliphatic heterocycles. The van der Waals surface area contributed by atoms with E-state index in [9.17, 15) is 9.59 Å². The van der Waals surface area contributed by atoms with Crippen LogP contribution in [-0.2, 0) is 9.53 Å². The molecule has 1 aliphatic carbocycles. The number of amides is 2. The van der Waals surface area contributed by atoms with Crippen LogP contribution in [-0.4, -0.2) is 54.9 Å². The standard InChI is InChI=1S/C13H24N2O4/c1-10(11(16)17)9-15(2)12(18)14-8-7-13(19-3)5-4-6-13/h10H,4-9H2,1-3H3,(H,14,18)(H,16,17). The van der Waals surface area contributed by atoms with Gasteiger partial charge < -0.3 is 20.1 Å². The number of methoxy groups -OCH3 is 1. The Bertz CT molecular complexity index is 323. The van der Waals surface area contributed by atoms with Crippen molar-refractivity contribution >= 4 is 12.0 Å². The molecule has 1 aliphatic rings. The number of rotatable bonds is 7. The molecular formula is C13H24N2O4. The van der Waals surface area contributed by atoms with Crippen molar-refractivity contribution in [3.05, 3.63) is 0 Å². The summed E-state index contributed by atoms with van der Waals surface area (Å²) >= 11 is 0. The van der Waals surface area contributed by atoms with E-state index in [1.807, 2.05) is 0 Å². The van der Waals surface area contributed by atoms with Gasteiger partial charge in [0.2, 0.25) is 0 Å². The minimum atomic E-state index is -0.896. The Morgan fingerprint density at radius 1 is 1.47 bits per heavy atom. The first-order valence-electron chi connectivity index (χ1n) is 6.67. The quantitative estimate of drug-likeness (QED) is 0.732. The number of hydrogen-bond acceptors (Lipinski definition) is 3. The molecule has 0 aromatic heterocycles. The van der Waals surface area contributed by atoms with Gasteiger partial charge in [-0.1, -0.05) is 6.92 Å². The van der Waals surface area contributed by atoms with Crippen LogP contribution in [0.1, 0.15) is 32.6 Å². The third kappa shape index (κ3) is 4.38. The van der Waals surface area contributed by atoms with Gasteiger partial charge in [0, 0.05) is 27.2 Å². The molecule has 0 aromatic carbocycles. The van der Waals surface area contributed by atoms with Gasteiger partial charge >= 0.3 is 12.0 Å². The summed E-state index contributed by atoms with van der Waals surface area (Å²) in [5.74, 6) is -1.46. The number of ether oxygens (including phenoxy) is 1. The maximum atomic E-state index is 11.8. The summed E-state index contributed by atoms with van der Waals surface area (Å²) in [7, 11) is 3.31. The molecular weight excluding hydrogens is 248 g/mol. The Hall–Kier alpha value is -1.30. The number of urea groups is 1. The Morgan fingerprint density at radius 2 is 2.11 bits per heavy atom. The lowest BCUT2D eigenvalue weighted by molar-refractivity contribution is -0.141. The fraction of sp³-hybridized carbons (Fsp3) is 0.846. The van der Waals surface area contributed by atoms with Crippen molar-refractivity contribution in [1.82, 2.24) is 10.2 Å². The second-order valence-electron chi connectivity index (χ2n) is 5.34. The predicted molar refractivity (Wildman–Crippen MR) is 71.0 cm³/mol. The number of nitrogens with one attached hydrogen (secondary N) is 1. The van der Waals surface area contributed by atoms with Gasteiger partial charge in [0.15, 0.2) is 0 Å². The van der Waals surface area contributed by atoms with E-state index in [2.05, 4.69) is 5.32 Å². The Balaban J connectivity index is 2.25. The van der Waals surface area contributed by atoms with Crippen molar-refractivity contribution in [3.63, 3.8) is 0 Å². The minimum Gasteiger partial charge on any atom is -0.481 e. The van der Waals surface area contributed by atoms with Gasteiger partial charge in [0.25, 0.3) is 0 Å². The molecule has 2 amide bonds. The van der Waals surface area contributed by atoms with E-state index in [-0.39, 0.29) is 18.2 Å². The van der Waals surface area contributed by atoms with Crippen LogP contribution in [0.5, 0.6) is 0 Å². The zero-order chi connectivity index (χ0) is 14.5. The highest BCUT2D eigenvalue weighted by Crippen LogP contribution is 2.37. The third-order valence-corrected chi connectivity index (χ3v) is 3.87. The van der Waals surface area contributed by atoms with Crippen molar-refractivity contribution in [3.8, 4) is 0 Å². The molecule has 19 heavy (non-hydrogen) atoms. The first-order chi connectivity index (χ1) is 8.90. The molecule has 0 heterocycles. The van der Waals surface area contributed by atoms with Gasteiger partial charge in [-0.15, -0.1) is 0 Å². The summed E-state index contributed by atoms with van der Waals surface area (Å²) in [4.78, 5) is 23.9. The van der Waals surface area contributed by atoms with Crippen molar-refractivity contribution in [1.29, 1.82) is 0 Å². The maximum Gasteiger partial charge on any atom is 0.317 e. The smallest absolute Gasteiger partial charge is 0.317 e. The zero-order valence-electron chi connectivity index (χ0n) is 11.9. The van der Waals surface area contributed by atoms with Gasteiger partial charge in [-0.05, 0) is 25.7 Å². The highest BCUT2D eigenvalue weighted by atomic mass is 16.5. The second-order valence-corrected chi connectivity index (χ2v) is 5.34. The van der Waals surface area contributed by atoms with E-state index in [0.29, 0.717) is 6.54 Å². The molecule has 0 saturated heterocycles. The maximum absolute atomic E-state index is 11.8. The summed E-state index contributed by atoms with van der Waals surface area (Å²) in [6.07, 6.45) is 4.08. The van der Waals surface area contributed by atoms with Crippen LogP contribution in [0, 0.1) is 5.92 Å². The van der Waals surface area contributed by atoms with Gasteiger partial charge in [0.1, 0.15) is 0 Å². The highest BCUT2D eigenvalue weighted by molar-refractivity contribution is 5.75. The Kier molecular flexibility index (Phi) is 5.60. The lowest BCUT2D eigenvalue weighted by Crippen LogP contribution is -2.45. The Labute approximate surface area is 114 Å². The number of hydrogen-bond donors (Lipinski definition) is 2. The lowest BCUT2D eigenvalue weighted by Gasteiger charge is -2.40. The SMILES string of the molecule is COC1(CCNC(=O)N(C)CC(C)C(=O)O)CCC1. The first kappa shape index (κ1) is 15.8. The second kappa shape index (κ2) is 6.75. The summed E-state index contributed by atoms with van der Waals surface area (Å²) in [5.41, 5.74) is -0.0553. The zero-order valence-corrected chi connectivity index (χ0v) is 11.9. The number of carboxylic acid groups (broad SMARTS) is 1. The fourth-order valence-electron chi connectivity index (χ4n) is 2.23. The molecule has 0 aromatic rings. The normalized spacial score (nSPS) is 18.3. The van der Waals surface area contributed by atoms with Crippen LogP contribution in [0.3, 0.4) is 0 Å². The molecule has 1 fully saturated rings. The van der Waals surface area contributed by atoms with E-state index in [1.54, 1.807) is 21.1 Å². The molecule has 6 heteroatoms. The van der Waals surface area contributed by atoms with E-state index in [4.69, 9.17) is 9.84 Å². The van der Waals surface area contributed by atoms with Gasteiger partial charge in [0.05, 0.1) is 11.5 Å². The predicted octanol–water partition coefficient (Wildman–Crippen LogP) is 1.31. The van der Waals surface area contributed by atoms with Crippen LogP contribution in [0.15, 0.2) is 0 Å². The number of carbonyl (C=O) groups excluding carboxylic acids is 1. The third-order valence-electron chi connectivity index (χ3n) is 3.87. The van der Waals surface area contributed by atoms with E-state index >= 15 is 0 Å². The number of nitrogens with zero attached hydrogens (tertiary/aromatic N) is 1. The molecule has 0 spiro atoms. The van der Waals surface area contributed by atoms with Crippen LogP contribution in [0.25, 0.3) is 0 Å². The molecule has 110 valence electrons. The first-order valence-corrected chi connectivity index (χ1v) is 6.67. The van der Waals surface area contributed by atoms with E-state index < -0.39 is 11.9 Å². The van der Waals surface area contributed by atoms with Gasteiger partial charge in [-0.25, -0.2) is 4.79 Å². The van der Waals surface area contributed by atoms with Crippen molar-refractivity contribution < 1.29 is 19.4 Å². The molecule has 6 nitrogen and oxygen atoms in total. The number of aliphatic carboxylic acids is 1. The molecule has 1 rings (SSSR count). The fourth-order valence-corrected chi connectivity index (χ4v) is 2.23. The van der Waals surface area contributed by atoms with Crippen LogP contribution in [0.4, 0.5) is 4.79 Å². The van der Waals surface area contributed by atoms with Gasteiger partial charge in [-0.3, -0.25) is 4.79 Å². The van der Waals surface area contributed by atoms with Crippen molar-refractivity contribution in [2.24, 2.45) is 5.92 Å². The lowest BCUT2D eigenvalue weighted by atomic mass is 9.77. The van der Waals surface area contributed by atoms with Crippen LogP contribution >= 0.6 is 0 Å². The average Bonchev–Trinajstić information content (AvgIpc) is 2.32. The minimum absolute atomic E-state index is 0.0553. The van der Waals surface area contributed by atoms with Crippen molar-refractivity contribution in [2.45, 2.75) is 38.2 Å². The summed E-state index contributed by atoms with van der Waals surface area (Å²) in [6.45, 7) is 2.34. The summed E-state index contributed by atoms with van der Waals surface area (Å²) < 4.78 is 5.47. The summed E-state index contributed by atoms with van der Waals surface area (Å²) in [5, 5.41) is 11.6. The van der Waals surface area contributed by atoms with Crippen molar-refractivity contribution in [2.75, 3.05) is 27.2 Å². The molecule has 1 unspecified atom stereocenters. The molecule has 0 bridgehead atoms. The van der Waals surface area contributed by atoms with Crippen LogP contribution in [0.2, 0.25) is 0 Å². The number of carbonyl (C=O) groups is 2.